The van der Waals surface area contributed by atoms with Crippen LogP contribution in [0.15, 0.2) is 18.7 Å². The molecule has 0 saturated carbocycles. The quantitative estimate of drug-likeness (QED) is 0.780. The average molecular weight is 300 g/mol. The molecule has 106 valence electrons. The molecule has 0 bridgehead atoms. The van der Waals surface area contributed by atoms with Gasteiger partial charge in [0.25, 0.3) is 10.1 Å². The number of rotatable bonds is 5. The first-order valence-corrected chi connectivity index (χ1v) is 7.93. The first-order valence-electron chi connectivity index (χ1n) is 4.99. The minimum atomic E-state index is -4.90. The molecular weight excluding hydrogens is 284 g/mol. The molecule has 0 radical (unpaired) electrons. The van der Waals surface area contributed by atoms with Crippen molar-refractivity contribution < 1.29 is 25.0 Å². The van der Waals surface area contributed by atoms with Crippen LogP contribution in [0.4, 0.5) is 0 Å². The van der Waals surface area contributed by atoms with Gasteiger partial charge in [-0.2, -0.15) is 16.8 Å². The molecule has 0 spiro atoms. The smallest absolute Gasteiger partial charge is 0.341 e. The normalized spacial score (nSPS) is 11.7. The van der Waals surface area contributed by atoms with E-state index >= 15 is 0 Å². The Morgan fingerprint density at radius 3 is 2.22 bits per heavy atom. The zero-order valence-corrected chi connectivity index (χ0v) is 11.7. The van der Waals surface area contributed by atoms with Crippen LogP contribution in [0.25, 0.3) is 0 Å². The minimum absolute atomic E-state index is 0.290. The van der Waals surface area contributed by atoms with Gasteiger partial charge in [0.2, 0.25) is 0 Å². The number of hydrogen-bond acceptors (Lipinski definition) is 6. The maximum Gasteiger partial charge on any atom is 0.412 e. The van der Waals surface area contributed by atoms with Crippen LogP contribution in [0.2, 0.25) is 0 Å². The fourth-order valence-corrected chi connectivity index (χ4v) is 2.77. The number of imidazole rings is 1. The van der Waals surface area contributed by atoms with Crippen LogP contribution in [0.3, 0.4) is 0 Å². The van der Waals surface area contributed by atoms with E-state index in [1.54, 1.807) is 19.4 Å². The van der Waals surface area contributed by atoms with Gasteiger partial charge in [0, 0.05) is 19.4 Å². The van der Waals surface area contributed by atoms with Crippen molar-refractivity contribution in [3.63, 3.8) is 0 Å². The lowest BCUT2D eigenvalue weighted by atomic mass is 10.4. The Labute approximate surface area is 107 Å². The summed E-state index contributed by atoms with van der Waals surface area (Å²) in [4.78, 5) is 3.78. The van der Waals surface area contributed by atoms with Crippen molar-refractivity contribution in [2.45, 2.75) is 19.8 Å². The van der Waals surface area contributed by atoms with Crippen LogP contribution in [-0.2, 0) is 31.2 Å². The fourth-order valence-electron chi connectivity index (χ4n) is 0.812. The third-order valence-electron chi connectivity index (χ3n) is 1.57. The molecule has 0 atom stereocenters. The van der Waals surface area contributed by atoms with E-state index in [-0.39, 0.29) is 6.42 Å². The van der Waals surface area contributed by atoms with Gasteiger partial charge in [-0.1, -0.05) is 13.3 Å². The fraction of sp³-hybridized carbons (Fsp3) is 0.625. The highest BCUT2D eigenvalue weighted by Crippen LogP contribution is 2.02. The molecule has 1 rings (SSSR count). The van der Waals surface area contributed by atoms with Crippen LogP contribution >= 0.6 is 0 Å². The lowest BCUT2D eigenvalue weighted by Gasteiger charge is -1.99. The van der Waals surface area contributed by atoms with Crippen LogP contribution in [0.1, 0.15) is 19.8 Å². The molecule has 8 nitrogen and oxygen atoms in total. The minimum Gasteiger partial charge on any atom is -0.341 e. The van der Waals surface area contributed by atoms with Crippen LogP contribution in [-0.4, -0.2) is 36.7 Å². The van der Waals surface area contributed by atoms with Crippen molar-refractivity contribution in [2.24, 2.45) is 7.05 Å². The number of aryl methyl sites for hydroxylation is 1. The third kappa shape index (κ3) is 10.2. The van der Waals surface area contributed by atoms with Gasteiger partial charge in [0.1, 0.15) is 0 Å². The van der Waals surface area contributed by atoms with Crippen LogP contribution in [0.5, 0.6) is 0 Å². The first kappa shape index (κ1) is 17.0. The number of hydrogen-bond donors (Lipinski definition) is 1. The molecule has 1 aromatic rings. The molecule has 0 aliphatic heterocycles. The second kappa shape index (κ2) is 7.46. The van der Waals surface area contributed by atoms with Crippen LogP contribution < -0.4 is 0 Å². The number of aromatic nitrogens is 2. The molecule has 0 saturated heterocycles. The maximum absolute atomic E-state index is 10.6. The van der Waals surface area contributed by atoms with Gasteiger partial charge in [0.05, 0.1) is 12.1 Å². The molecule has 1 N–H and O–H groups in total. The van der Waals surface area contributed by atoms with E-state index in [1.165, 1.54) is 0 Å². The second-order valence-corrected chi connectivity index (χ2v) is 6.26. The predicted molar refractivity (Wildman–Crippen MR) is 64.5 cm³/mol. The van der Waals surface area contributed by atoms with E-state index in [0.717, 1.165) is 0 Å². The topological polar surface area (TPSA) is 116 Å². The van der Waals surface area contributed by atoms with Crippen molar-refractivity contribution in [1.29, 1.82) is 0 Å². The van der Waals surface area contributed by atoms with E-state index in [9.17, 15) is 16.8 Å². The molecule has 0 aliphatic carbocycles. The molecular formula is C8H16N2O6S2. The van der Waals surface area contributed by atoms with Gasteiger partial charge < -0.3 is 4.57 Å². The molecule has 0 unspecified atom stereocenters. The Morgan fingerprint density at radius 1 is 1.33 bits per heavy atom. The van der Waals surface area contributed by atoms with E-state index in [0.29, 0.717) is 6.42 Å². The van der Waals surface area contributed by atoms with Gasteiger partial charge in [-0.15, -0.1) is 3.63 Å². The Hall–Kier alpha value is -0.970. The average Bonchev–Trinajstić information content (AvgIpc) is 2.63. The third-order valence-corrected chi connectivity index (χ3v) is 3.88. The van der Waals surface area contributed by atoms with E-state index in [1.807, 2.05) is 17.8 Å². The molecule has 1 heterocycles. The maximum atomic E-state index is 10.6. The van der Waals surface area contributed by atoms with Gasteiger partial charge in [0.15, 0.2) is 0 Å². The Balaban J connectivity index is 0.000000397. The Kier molecular flexibility index (Phi) is 7.06. The largest absolute Gasteiger partial charge is 0.412 e. The van der Waals surface area contributed by atoms with Crippen molar-refractivity contribution in [2.75, 3.05) is 5.75 Å². The lowest BCUT2D eigenvalue weighted by molar-refractivity contribution is 0.383. The molecule has 0 aromatic carbocycles. The standard InChI is InChI=1S/C4H6N2.C4H10O6S2/c1-6-3-2-5-4-6;1-2-3-4-11(5,6)10-12(7,8)9/h2-4H,1H3;2-4H2,1H3,(H,7,8,9). The zero-order chi connectivity index (χ0) is 14.2. The van der Waals surface area contributed by atoms with E-state index < -0.39 is 26.3 Å². The van der Waals surface area contributed by atoms with Crippen molar-refractivity contribution in [1.82, 2.24) is 9.55 Å². The summed E-state index contributed by atoms with van der Waals surface area (Å²) < 4.78 is 54.6. The van der Waals surface area contributed by atoms with E-state index in [2.05, 4.69) is 8.61 Å². The highest BCUT2D eigenvalue weighted by atomic mass is 32.3. The van der Waals surface area contributed by atoms with Gasteiger partial charge in [-0.3, -0.25) is 4.55 Å². The summed E-state index contributed by atoms with van der Waals surface area (Å²) in [6.07, 6.45) is 6.27. The van der Waals surface area contributed by atoms with Gasteiger partial charge in [-0.05, 0) is 6.42 Å². The first-order chi connectivity index (χ1) is 8.16. The lowest BCUT2D eigenvalue weighted by Crippen LogP contribution is -2.15. The summed E-state index contributed by atoms with van der Waals surface area (Å²) >= 11 is 0. The predicted octanol–water partition coefficient (Wildman–Crippen LogP) is 0.356. The van der Waals surface area contributed by atoms with E-state index in [4.69, 9.17) is 4.55 Å². The SMILES string of the molecule is CCCCS(=O)(=O)OS(=O)(=O)O.Cn1ccnc1. The van der Waals surface area contributed by atoms with Crippen molar-refractivity contribution in [3.8, 4) is 0 Å². The summed E-state index contributed by atoms with van der Waals surface area (Å²) in [5, 5.41) is 0. The highest BCUT2D eigenvalue weighted by Gasteiger charge is 2.19. The summed E-state index contributed by atoms with van der Waals surface area (Å²) in [6.45, 7) is 1.74. The molecule has 10 heteroatoms. The second-order valence-electron chi connectivity index (χ2n) is 3.34. The number of nitrogens with zero attached hydrogens (tertiary/aromatic N) is 2. The summed E-state index contributed by atoms with van der Waals surface area (Å²) in [5.41, 5.74) is 0. The molecule has 0 fully saturated rings. The van der Waals surface area contributed by atoms with Gasteiger partial charge in [-0.25, -0.2) is 4.98 Å². The number of unbranched alkanes of at least 4 members (excludes halogenated alkanes) is 1. The summed E-state index contributed by atoms with van der Waals surface area (Å²) in [6, 6.07) is 0. The van der Waals surface area contributed by atoms with Crippen molar-refractivity contribution in [3.05, 3.63) is 18.7 Å². The molecule has 0 amide bonds. The Morgan fingerprint density at radius 2 is 1.94 bits per heavy atom. The monoisotopic (exact) mass is 300 g/mol. The Bertz CT molecular complexity index is 520. The summed E-state index contributed by atoms with van der Waals surface area (Å²) in [5.74, 6) is -0.413. The molecule has 0 aliphatic rings. The zero-order valence-electron chi connectivity index (χ0n) is 10.1. The molecule has 18 heavy (non-hydrogen) atoms. The highest BCUT2D eigenvalue weighted by molar-refractivity contribution is 7.97. The van der Waals surface area contributed by atoms with Crippen LogP contribution in [0, 0.1) is 0 Å². The van der Waals surface area contributed by atoms with Gasteiger partial charge >= 0.3 is 10.4 Å². The van der Waals surface area contributed by atoms with Crippen molar-refractivity contribution >= 4 is 20.5 Å². The molecule has 1 aromatic heterocycles. The summed E-state index contributed by atoms with van der Waals surface area (Å²) in [7, 11) is -7.10.